The summed E-state index contributed by atoms with van der Waals surface area (Å²) in [5, 5.41) is 7.47. The number of aromatic nitrogens is 2. The zero-order chi connectivity index (χ0) is 19.9. The van der Waals surface area contributed by atoms with Crippen LogP contribution in [0.1, 0.15) is 44.9 Å². The van der Waals surface area contributed by atoms with Crippen molar-refractivity contribution in [1.29, 1.82) is 0 Å². The Labute approximate surface area is 168 Å². The van der Waals surface area contributed by atoms with E-state index < -0.39 is 5.97 Å². The summed E-state index contributed by atoms with van der Waals surface area (Å²) in [5.41, 5.74) is 0.774. The van der Waals surface area contributed by atoms with Gasteiger partial charge in [0, 0.05) is 23.0 Å². The van der Waals surface area contributed by atoms with Crippen LogP contribution in [0, 0.1) is 5.92 Å². The first-order chi connectivity index (χ1) is 13.5. The van der Waals surface area contributed by atoms with Gasteiger partial charge >= 0.3 is 5.97 Å². The van der Waals surface area contributed by atoms with E-state index >= 15 is 0 Å². The molecular formula is C20H24ClN3O4. The highest BCUT2D eigenvalue weighted by Crippen LogP contribution is 2.23. The number of carbonyl (C=O) groups excluding carboxylic acids is 2. The molecule has 1 heterocycles. The zero-order valence-electron chi connectivity index (χ0n) is 15.8. The molecule has 3 rings (SSSR count). The van der Waals surface area contributed by atoms with Crippen molar-refractivity contribution in [2.24, 2.45) is 5.92 Å². The van der Waals surface area contributed by atoms with Crippen molar-refractivity contribution in [1.82, 2.24) is 15.5 Å². The number of amides is 1. The normalized spacial score (nSPS) is 19.2. The van der Waals surface area contributed by atoms with Crippen molar-refractivity contribution >= 4 is 23.5 Å². The van der Waals surface area contributed by atoms with E-state index in [9.17, 15) is 9.59 Å². The van der Waals surface area contributed by atoms with E-state index in [1.54, 1.807) is 24.3 Å². The Balaban J connectivity index is 1.39. The molecule has 1 aliphatic carbocycles. The third-order valence-corrected chi connectivity index (χ3v) is 5.19. The molecule has 1 aromatic carbocycles. The lowest BCUT2D eigenvalue weighted by molar-refractivity contribution is -0.148. The molecule has 150 valence electrons. The molecule has 1 aromatic heterocycles. The summed E-state index contributed by atoms with van der Waals surface area (Å²) in [6.07, 6.45) is 4.74. The van der Waals surface area contributed by atoms with Gasteiger partial charge in [-0.1, -0.05) is 36.5 Å². The molecule has 0 saturated heterocycles. The Morgan fingerprint density at radius 1 is 1.25 bits per heavy atom. The minimum atomic E-state index is -0.474. The molecule has 1 N–H and O–H groups in total. The largest absolute Gasteiger partial charge is 0.456 e. The Morgan fingerprint density at radius 2 is 2.00 bits per heavy atom. The third-order valence-electron chi connectivity index (χ3n) is 4.94. The van der Waals surface area contributed by atoms with Crippen LogP contribution in [-0.4, -0.2) is 34.7 Å². The maximum absolute atomic E-state index is 12.0. The van der Waals surface area contributed by atoms with Gasteiger partial charge in [-0.2, -0.15) is 4.98 Å². The molecule has 28 heavy (non-hydrogen) atoms. The highest BCUT2D eigenvalue weighted by atomic mass is 35.5. The Hall–Kier alpha value is -2.41. The molecule has 2 atom stereocenters. The van der Waals surface area contributed by atoms with E-state index in [1.807, 2.05) is 0 Å². The van der Waals surface area contributed by atoms with Gasteiger partial charge in [-0.3, -0.25) is 9.59 Å². The predicted octanol–water partition coefficient (Wildman–Crippen LogP) is 3.56. The summed E-state index contributed by atoms with van der Waals surface area (Å²) in [6.45, 7) is 1.88. The monoisotopic (exact) mass is 405 g/mol. The fraction of sp³-hybridized carbons (Fsp3) is 0.500. The lowest BCUT2D eigenvalue weighted by Crippen LogP contribution is -2.42. The van der Waals surface area contributed by atoms with Gasteiger partial charge in [0.2, 0.25) is 11.7 Å². The van der Waals surface area contributed by atoms with Gasteiger partial charge < -0.3 is 14.6 Å². The second-order valence-corrected chi connectivity index (χ2v) is 7.55. The molecule has 1 aliphatic rings. The van der Waals surface area contributed by atoms with Gasteiger partial charge in [-0.05, 0) is 43.0 Å². The summed E-state index contributed by atoms with van der Waals surface area (Å²) in [6, 6.07) is 7.23. The third kappa shape index (κ3) is 5.79. The van der Waals surface area contributed by atoms with Gasteiger partial charge in [0.25, 0.3) is 5.91 Å². The number of hydrogen-bond donors (Lipinski definition) is 1. The summed E-state index contributed by atoms with van der Waals surface area (Å²) in [7, 11) is 0. The number of nitrogens with one attached hydrogen (secondary N) is 1. The minimum absolute atomic E-state index is 0.0648. The van der Waals surface area contributed by atoms with E-state index in [-0.39, 0.29) is 31.4 Å². The van der Waals surface area contributed by atoms with E-state index in [0.717, 1.165) is 24.8 Å². The first kappa shape index (κ1) is 20.3. The molecule has 0 bridgehead atoms. The number of carbonyl (C=O) groups is 2. The molecule has 1 amide bonds. The molecule has 0 unspecified atom stereocenters. The number of halogens is 1. The first-order valence-electron chi connectivity index (χ1n) is 9.55. The van der Waals surface area contributed by atoms with Crippen LogP contribution in [0.4, 0.5) is 0 Å². The smallest absolute Gasteiger partial charge is 0.306 e. The number of nitrogens with zero attached hydrogens (tertiary/aromatic N) is 2. The molecule has 0 aliphatic heterocycles. The van der Waals surface area contributed by atoms with Crippen LogP contribution in [0.5, 0.6) is 0 Å². The van der Waals surface area contributed by atoms with Gasteiger partial charge in [0.05, 0.1) is 6.42 Å². The number of benzene rings is 1. The van der Waals surface area contributed by atoms with Gasteiger partial charge in [0.1, 0.15) is 0 Å². The molecule has 1 saturated carbocycles. The average molecular weight is 406 g/mol. The molecular weight excluding hydrogens is 382 g/mol. The van der Waals surface area contributed by atoms with Gasteiger partial charge in [-0.25, -0.2) is 0 Å². The van der Waals surface area contributed by atoms with Gasteiger partial charge in [-0.15, -0.1) is 0 Å². The summed E-state index contributed by atoms with van der Waals surface area (Å²) >= 11 is 5.86. The molecule has 2 aromatic rings. The van der Waals surface area contributed by atoms with Gasteiger partial charge in [0.15, 0.2) is 6.61 Å². The lowest BCUT2D eigenvalue weighted by atomic mass is 9.86. The SMILES string of the molecule is C[C@H]1CCCC[C@H]1NC(=O)COC(=O)CCc1nc(-c2ccc(Cl)cc2)no1. The number of hydrogen-bond acceptors (Lipinski definition) is 6. The van der Waals surface area contributed by atoms with Crippen LogP contribution < -0.4 is 5.32 Å². The van der Waals surface area contributed by atoms with Crippen molar-refractivity contribution < 1.29 is 18.8 Å². The van der Waals surface area contributed by atoms with Crippen LogP contribution in [0.15, 0.2) is 28.8 Å². The molecule has 0 radical (unpaired) electrons. The molecule has 7 nitrogen and oxygen atoms in total. The standard InChI is InChI=1S/C20H24ClN3O4/c1-13-4-2-3-5-16(13)22-17(25)12-27-19(26)11-10-18-23-20(24-28-18)14-6-8-15(21)9-7-14/h6-9,13,16H,2-5,10-12H2,1H3,(H,22,25)/t13-,16+/m0/s1. The Bertz CT molecular complexity index is 806. The molecule has 1 fully saturated rings. The van der Waals surface area contributed by atoms with Crippen molar-refractivity contribution in [2.75, 3.05) is 6.61 Å². The van der Waals surface area contributed by atoms with Crippen molar-refractivity contribution in [2.45, 2.75) is 51.5 Å². The quantitative estimate of drug-likeness (QED) is 0.708. The topological polar surface area (TPSA) is 94.3 Å². The van der Waals surface area contributed by atoms with Crippen LogP contribution in [0.25, 0.3) is 11.4 Å². The second kappa shape index (κ2) is 9.68. The minimum Gasteiger partial charge on any atom is -0.456 e. The fourth-order valence-corrected chi connectivity index (χ4v) is 3.40. The second-order valence-electron chi connectivity index (χ2n) is 7.12. The molecule has 8 heteroatoms. The highest BCUT2D eigenvalue weighted by Gasteiger charge is 2.23. The van der Waals surface area contributed by atoms with E-state index in [4.69, 9.17) is 20.9 Å². The van der Waals surface area contributed by atoms with Crippen molar-refractivity contribution in [3.05, 3.63) is 35.2 Å². The predicted molar refractivity (Wildman–Crippen MR) is 104 cm³/mol. The zero-order valence-corrected chi connectivity index (χ0v) is 16.6. The van der Waals surface area contributed by atoms with Crippen LogP contribution >= 0.6 is 11.6 Å². The lowest BCUT2D eigenvalue weighted by Gasteiger charge is -2.29. The van der Waals surface area contributed by atoms with E-state index in [0.29, 0.717) is 22.7 Å². The summed E-state index contributed by atoms with van der Waals surface area (Å²) < 4.78 is 10.2. The Kier molecular flexibility index (Phi) is 7.03. The summed E-state index contributed by atoms with van der Waals surface area (Å²) in [4.78, 5) is 28.1. The number of aryl methyl sites for hydroxylation is 1. The van der Waals surface area contributed by atoms with E-state index in [1.165, 1.54) is 6.42 Å². The first-order valence-corrected chi connectivity index (χ1v) is 9.92. The van der Waals surface area contributed by atoms with Crippen molar-refractivity contribution in [3.63, 3.8) is 0 Å². The van der Waals surface area contributed by atoms with Crippen molar-refractivity contribution in [3.8, 4) is 11.4 Å². The average Bonchev–Trinajstić information content (AvgIpc) is 3.16. The number of ether oxygens (including phenoxy) is 1. The van der Waals surface area contributed by atoms with Crippen LogP contribution in [0.3, 0.4) is 0 Å². The summed E-state index contributed by atoms with van der Waals surface area (Å²) in [5.74, 6) is 0.497. The molecule has 0 spiro atoms. The number of esters is 1. The van der Waals surface area contributed by atoms with E-state index in [2.05, 4.69) is 22.4 Å². The number of rotatable bonds is 7. The maximum Gasteiger partial charge on any atom is 0.306 e. The van der Waals surface area contributed by atoms with Crippen LogP contribution in [0.2, 0.25) is 5.02 Å². The fourth-order valence-electron chi connectivity index (χ4n) is 3.28. The highest BCUT2D eigenvalue weighted by molar-refractivity contribution is 6.30. The van der Waals surface area contributed by atoms with Crippen LogP contribution in [-0.2, 0) is 20.7 Å². The Morgan fingerprint density at radius 3 is 2.75 bits per heavy atom. The maximum atomic E-state index is 12.0.